The third kappa shape index (κ3) is 5.76. The Balaban J connectivity index is 2.84. The molecule has 0 unspecified atom stereocenters. The van der Waals surface area contributed by atoms with E-state index in [-0.39, 0.29) is 0 Å². The Bertz CT molecular complexity index is 431. The fraction of sp³-hybridized carbons (Fsp3) is 0.647. The molecule has 0 amide bonds. The molecule has 0 spiro atoms. The van der Waals surface area contributed by atoms with E-state index in [2.05, 4.69) is 33.0 Å². The van der Waals surface area contributed by atoms with Gasteiger partial charge in [-0.3, -0.25) is 0 Å². The third-order valence-electron chi connectivity index (χ3n) is 3.62. The lowest BCUT2D eigenvalue weighted by Crippen LogP contribution is -2.21. The van der Waals surface area contributed by atoms with Crippen LogP contribution in [0.2, 0.25) is 5.02 Å². The number of hydrogen-bond acceptors (Lipinski definition) is 3. The van der Waals surface area contributed by atoms with Gasteiger partial charge in [0.05, 0.1) is 18.7 Å². The minimum atomic E-state index is 0.431. The largest absolute Gasteiger partial charge is 0.493 e. The highest BCUT2D eigenvalue weighted by Gasteiger charge is 2.14. The lowest BCUT2D eigenvalue weighted by atomic mass is 10.1. The van der Waals surface area contributed by atoms with Crippen molar-refractivity contribution in [3.8, 4) is 11.5 Å². The number of hydrogen-bond donors (Lipinski definition) is 1. The molecule has 120 valence electrons. The lowest BCUT2D eigenvalue weighted by molar-refractivity contribution is 0.230. The highest BCUT2D eigenvalue weighted by molar-refractivity contribution is 6.32. The van der Waals surface area contributed by atoms with Gasteiger partial charge in [0.1, 0.15) is 0 Å². The number of methoxy groups -OCH3 is 1. The topological polar surface area (TPSA) is 30.5 Å². The molecular weight excluding hydrogens is 286 g/mol. The molecule has 0 saturated heterocycles. The second-order valence-corrected chi connectivity index (χ2v) is 6.05. The van der Waals surface area contributed by atoms with E-state index in [0.29, 0.717) is 35.1 Å². The van der Waals surface area contributed by atoms with Gasteiger partial charge in [0.2, 0.25) is 0 Å². The molecule has 0 atom stereocenters. The van der Waals surface area contributed by atoms with E-state index in [1.807, 2.05) is 12.1 Å². The van der Waals surface area contributed by atoms with Gasteiger partial charge in [-0.25, -0.2) is 0 Å². The van der Waals surface area contributed by atoms with Crippen molar-refractivity contribution in [1.29, 1.82) is 0 Å². The maximum atomic E-state index is 6.37. The van der Waals surface area contributed by atoms with E-state index < -0.39 is 0 Å². The molecule has 0 aliphatic heterocycles. The SMILES string of the molecule is CCC(CC)COc1c(Cl)cc(CNC(C)C)cc1OC. The Morgan fingerprint density at radius 2 is 1.86 bits per heavy atom. The Hall–Kier alpha value is -0.930. The standard InChI is InChI=1S/C17H28ClNO2/c1-6-13(7-2)11-21-17-15(18)8-14(9-16(17)20-5)10-19-12(3)4/h8-9,12-13,19H,6-7,10-11H2,1-5H3. The number of nitrogens with one attached hydrogen (secondary N) is 1. The van der Waals surface area contributed by atoms with E-state index in [0.717, 1.165) is 24.9 Å². The Morgan fingerprint density at radius 1 is 1.19 bits per heavy atom. The molecule has 0 bridgehead atoms. The number of rotatable bonds is 9. The average Bonchev–Trinajstić information content (AvgIpc) is 2.47. The van der Waals surface area contributed by atoms with Crippen LogP contribution in [0.15, 0.2) is 12.1 Å². The summed E-state index contributed by atoms with van der Waals surface area (Å²) in [7, 11) is 1.65. The number of halogens is 1. The Kier molecular flexibility index (Phi) is 7.91. The Labute approximate surface area is 134 Å². The van der Waals surface area contributed by atoms with Gasteiger partial charge in [-0.1, -0.05) is 52.1 Å². The zero-order valence-electron chi connectivity index (χ0n) is 13.8. The Morgan fingerprint density at radius 3 is 2.38 bits per heavy atom. The molecule has 1 aromatic rings. The summed E-state index contributed by atoms with van der Waals surface area (Å²) in [5, 5.41) is 3.99. The second kappa shape index (κ2) is 9.16. The summed E-state index contributed by atoms with van der Waals surface area (Å²) in [6, 6.07) is 4.37. The first-order chi connectivity index (χ1) is 10.0. The van der Waals surface area contributed by atoms with E-state index in [1.54, 1.807) is 7.11 Å². The van der Waals surface area contributed by atoms with Crippen LogP contribution in [0.3, 0.4) is 0 Å². The van der Waals surface area contributed by atoms with Gasteiger partial charge in [0.25, 0.3) is 0 Å². The summed E-state index contributed by atoms with van der Waals surface area (Å²) in [6.45, 7) is 10.0. The normalized spacial score (nSPS) is 11.2. The van der Waals surface area contributed by atoms with Crippen molar-refractivity contribution in [2.45, 2.75) is 53.1 Å². The first kappa shape index (κ1) is 18.1. The molecule has 3 nitrogen and oxygen atoms in total. The quantitative estimate of drug-likeness (QED) is 0.719. The minimum absolute atomic E-state index is 0.431. The molecule has 0 aromatic heterocycles. The lowest BCUT2D eigenvalue weighted by Gasteiger charge is -2.18. The molecule has 0 saturated carbocycles. The van der Waals surface area contributed by atoms with Gasteiger partial charge in [-0.2, -0.15) is 0 Å². The summed E-state index contributed by atoms with van der Waals surface area (Å²) < 4.78 is 11.3. The smallest absolute Gasteiger partial charge is 0.179 e. The summed E-state index contributed by atoms with van der Waals surface area (Å²) in [5.74, 6) is 1.90. The maximum absolute atomic E-state index is 6.37. The summed E-state index contributed by atoms with van der Waals surface area (Å²) >= 11 is 6.37. The van der Waals surface area contributed by atoms with E-state index in [9.17, 15) is 0 Å². The van der Waals surface area contributed by atoms with Crippen LogP contribution in [-0.2, 0) is 6.54 Å². The number of benzene rings is 1. The molecule has 0 heterocycles. The summed E-state index contributed by atoms with van der Waals surface area (Å²) in [6.07, 6.45) is 2.21. The second-order valence-electron chi connectivity index (χ2n) is 5.64. The third-order valence-corrected chi connectivity index (χ3v) is 3.90. The van der Waals surface area contributed by atoms with Gasteiger partial charge in [-0.15, -0.1) is 0 Å². The predicted molar refractivity (Wildman–Crippen MR) is 89.5 cm³/mol. The molecule has 4 heteroatoms. The predicted octanol–water partition coefficient (Wildman–Crippen LogP) is 4.66. The van der Waals surface area contributed by atoms with Crippen molar-refractivity contribution in [1.82, 2.24) is 5.32 Å². The molecule has 0 radical (unpaired) electrons. The summed E-state index contributed by atoms with van der Waals surface area (Å²) in [5.41, 5.74) is 1.10. The fourth-order valence-electron chi connectivity index (χ4n) is 2.06. The first-order valence-corrected chi connectivity index (χ1v) is 8.12. The molecule has 1 rings (SSSR count). The van der Waals surface area contributed by atoms with Crippen molar-refractivity contribution in [2.75, 3.05) is 13.7 Å². The van der Waals surface area contributed by atoms with Gasteiger partial charge in [0, 0.05) is 12.6 Å². The van der Waals surface area contributed by atoms with Crippen LogP contribution >= 0.6 is 11.6 Å². The molecule has 0 aliphatic carbocycles. The first-order valence-electron chi connectivity index (χ1n) is 7.74. The minimum Gasteiger partial charge on any atom is -0.493 e. The maximum Gasteiger partial charge on any atom is 0.179 e. The van der Waals surface area contributed by atoms with E-state index in [1.165, 1.54) is 0 Å². The molecule has 21 heavy (non-hydrogen) atoms. The molecule has 1 aromatic carbocycles. The molecule has 0 fully saturated rings. The van der Waals surface area contributed by atoms with Crippen molar-refractivity contribution in [3.63, 3.8) is 0 Å². The van der Waals surface area contributed by atoms with Gasteiger partial charge >= 0.3 is 0 Å². The van der Waals surface area contributed by atoms with Crippen LogP contribution in [-0.4, -0.2) is 19.8 Å². The van der Waals surface area contributed by atoms with Crippen molar-refractivity contribution < 1.29 is 9.47 Å². The van der Waals surface area contributed by atoms with Crippen molar-refractivity contribution in [3.05, 3.63) is 22.7 Å². The molecular formula is C17H28ClNO2. The van der Waals surface area contributed by atoms with Gasteiger partial charge < -0.3 is 14.8 Å². The van der Waals surface area contributed by atoms with Crippen LogP contribution < -0.4 is 14.8 Å². The van der Waals surface area contributed by atoms with E-state index in [4.69, 9.17) is 21.1 Å². The van der Waals surface area contributed by atoms with Crippen LogP contribution in [0, 0.1) is 5.92 Å². The van der Waals surface area contributed by atoms with Crippen LogP contribution in [0.1, 0.15) is 46.1 Å². The average molecular weight is 314 g/mol. The van der Waals surface area contributed by atoms with Crippen LogP contribution in [0.25, 0.3) is 0 Å². The highest BCUT2D eigenvalue weighted by Crippen LogP contribution is 2.37. The fourth-order valence-corrected chi connectivity index (χ4v) is 2.35. The van der Waals surface area contributed by atoms with Gasteiger partial charge in [-0.05, 0) is 23.6 Å². The number of ether oxygens (including phenoxy) is 2. The zero-order chi connectivity index (χ0) is 15.8. The van der Waals surface area contributed by atoms with Crippen LogP contribution in [0.4, 0.5) is 0 Å². The monoisotopic (exact) mass is 313 g/mol. The molecule has 0 aliphatic rings. The molecule has 1 N–H and O–H groups in total. The van der Waals surface area contributed by atoms with Crippen molar-refractivity contribution in [2.24, 2.45) is 5.92 Å². The zero-order valence-corrected chi connectivity index (χ0v) is 14.6. The highest BCUT2D eigenvalue weighted by atomic mass is 35.5. The summed E-state index contributed by atoms with van der Waals surface area (Å²) in [4.78, 5) is 0. The van der Waals surface area contributed by atoms with E-state index >= 15 is 0 Å². The van der Waals surface area contributed by atoms with Gasteiger partial charge in [0.15, 0.2) is 11.5 Å². The van der Waals surface area contributed by atoms with Crippen molar-refractivity contribution >= 4 is 11.6 Å². The van der Waals surface area contributed by atoms with Crippen LogP contribution in [0.5, 0.6) is 11.5 Å².